The van der Waals surface area contributed by atoms with E-state index >= 15 is 0 Å². The summed E-state index contributed by atoms with van der Waals surface area (Å²) in [5.74, 6) is -0.804. The normalized spacial score (nSPS) is 14.1. The fourth-order valence-corrected chi connectivity index (χ4v) is 2.12. The van der Waals surface area contributed by atoms with Crippen LogP contribution in [0.3, 0.4) is 0 Å². The molecule has 1 heterocycles. The van der Waals surface area contributed by atoms with Gasteiger partial charge in [0.2, 0.25) is 0 Å². The molecule has 0 spiro atoms. The Morgan fingerprint density at radius 1 is 1.26 bits per heavy atom. The molecule has 19 heavy (non-hydrogen) atoms. The zero-order valence-corrected chi connectivity index (χ0v) is 10.8. The molecule has 0 aliphatic heterocycles. The molecule has 4 heteroatoms. The van der Waals surface area contributed by atoms with Crippen LogP contribution in [0.25, 0.3) is 0 Å². The van der Waals surface area contributed by atoms with Crippen molar-refractivity contribution in [3.8, 4) is 0 Å². The SMILES string of the molecule is Cc1cccc(C(O)C(CN)c2ccccn2)c1F. The van der Waals surface area contributed by atoms with Gasteiger partial charge in [-0.15, -0.1) is 0 Å². The summed E-state index contributed by atoms with van der Waals surface area (Å²) in [5, 5.41) is 10.4. The van der Waals surface area contributed by atoms with Gasteiger partial charge in [0.15, 0.2) is 0 Å². The van der Waals surface area contributed by atoms with Gasteiger partial charge in [-0.05, 0) is 24.6 Å². The minimum atomic E-state index is -1.00. The molecule has 0 aliphatic rings. The van der Waals surface area contributed by atoms with Crippen molar-refractivity contribution >= 4 is 0 Å². The summed E-state index contributed by atoms with van der Waals surface area (Å²) in [4.78, 5) is 4.19. The van der Waals surface area contributed by atoms with E-state index in [1.165, 1.54) is 0 Å². The Labute approximate surface area is 111 Å². The van der Waals surface area contributed by atoms with Gasteiger partial charge in [-0.2, -0.15) is 0 Å². The van der Waals surface area contributed by atoms with Crippen molar-refractivity contribution in [3.63, 3.8) is 0 Å². The number of aryl methyl sites for hydroxylation is 1. The van der Waals surface area contributed by atoms with E-state index < -0.39 is 12.0 Å². The number of nitrogens with zero attached hydrogens (tertiary/aromatic N) is 1. The summed E-state index contributed by atoms with van der Waals surface area (Å²) < 4.78 is 14.0. The molecule has 0 saturated heterocycles. The first kappa shape index (κ1) is 13.6. The van der Waals surface area contributed by atoms with Gasteiger partial charge in [0.25, 0.3) is 0 Å². The van der Waals surface area contributed by atoms with Gasteiger partial charge >= 0.3 is 0 Å². The van der Waals surface area contributed by atoms with Gasteiger partial charge in [-0.1, -0.05) is 24.3 Å². The van der Waals surface area contributed by atoms with E-state index in [1.807, 2.05) is 6.07 Å². The number of benzene rings is 1. The number of nitrogens with two attached hydrogens (primary N) is 1. The number of halogens is 1. The molecule has 2 rings (SSSR count). The zero-order chi connectivity index (χ0) is 13.8. The highest BCUT2D eigenvalue weighted by molar-refractivity contribution is 5.29. The first-order valence-electron chi connectivity index (χ1n) is 6.19. The van der Waals surface area contributed by atoms with Crippen molar-refractivity contribution in [2.75, 3.05) is 6.54 Å². The third-order valence-corrected chi connectivity index (χ3v) is 3.24. The molecule has 2 aromatic rings. The number of hydrogen-bond donors (Lipinski definition) is 2. The van der Waals surface area contributed by atoms with E-state index in [0.29, 0.717) is 11.3 Å². The van der Waals surface area contributed by atoms with Gasteiger partial charge in [0.05, 0.1) is 6.10 Å². The topological polar surface area (TPSA) is 59.1 Å². The number of aliphatic hydroxyl groups excluding tert-OH is 1. The molecule has 0 saturated carbocycles. The quantitative estimate of drug-likeness (QED) is 0.886. The standard InChI is InChI=1S/C15H17FN2O/c1-10-5-4-6-11(14(10)16)15(19)12(9-17)13-7-2-3-8-18-13/h2-8,12,15,19H,9,17H2,1H3. The van der Waals surface area contributed by atoms with Crippen molar-refractivity contribution in [2.24, 2.45) is 5.73 Å². The number of pyridine rings is 1. The summed E-state index contributed by atoms with van der Waals surface area (Å²) in [7, 11) is 0. The van der Waals surface area contributed by atoms with Gasteiger partial charge in [-0.3, -0.25) is 4.98 Å². The Bertz CT molecular complexity index is 545. The predicted molar refractivity (Wildman–Crippen MR) is 72.1 cm³/mol. The molecule has 2 unspecified atom stereocenters. The third-order valence-electron chi connectivity index (χ3n) is 3.24. The van der Waals surface area contributed by atoms with Crippen molar-refractivity contribution in [3.05, 3.63) is 65.2 Å². The summed E-state index contributed by atoms with van der Waals surface area (Å²) in [6, 6.07) is 10.4. The first-order valence-corrected chi connectivity index (χ1v) is 6.19. The Morgan fingerprint density at radius 3 is 2.68 bits per heavy atom. The number of aromatic nitrogens is 1. The van der Waals surface area contributed by atoms with E-state index in [-0.39, 0.29) is 17.9 Å². The van der Waals surface area contributed by atoms with E-state index in [4.69, 9.17) is 5.73 Å². The lowest BCUT2D eigenvalue weighted by Gasteiger charge is -2.22. The van der Waals surface area contributed by atoms with Crippen LogP contribution in [0.15, 0.2) is 42.6 Å². The van der Waals surface area contributed by atoms with Crippen molar-refractivity contribution in [2.45, 2.75) is 18.9 Å². The molecule has 3 N–H and O–H groups in total. The molecule has 3 nitrogen and oxygen atoms in total. The van der Waals surface area contributed by atoms with Gasteiger partial charge < -0.3 is 10.8 Å². The molecular formula is C15H17FN2O. The molecule has 0 amide bonds. The molecule has 100 valence electrons. The van der Waals surface area contributed by atoms with Crippen LogP contribution < -0.4 is 5.73 Å². The second-order valence-corrected chi connectivity index (χ2v) is 4.52. The van der Waals surface area contributed by atoms with Crippen LogP contribution in [0.5, 0.6) is 0 Å². The van der Waals surface area contributed by atoms with E-state index in [9.17, 15) is 9.50 Å². The molecule has 1 aromatic carbocycles. The van der Waals surface area contributed by atoms with Crippen LogP contribution in [0.2, 0.25) is 0 Å². The molecule has 0 radical (unpaired) electrons. The largest absolute Gasteiger partial charge is 0.388 e. The average Bonchev–Trinajstić information content (AvgIpc) is 2.44. The zero-order valence-electron chi connectivity index (χ0n) is 10.8. The van der Waals surface area contributed by atoms with Crippen molar-refractivity contribution < 1.29 is 9.50 Å². The van der Waals surface area contributed by atoms with E-state index in [2.05, 4.69) is 4.98 Å². The fraction of sp³-hybridized carbons (Fsp3) is 0.267. The van der Waals surface area contributed by atoms with Crippen LogP contribution in [0.4, 0.5) is 4.39 Å². The fourth-order valence-electron chi connectivity index (χ4n) is 2.12. The maximum Gasteiger partial charge on any atom is 0.131 e. The lowest BCUT2D eigenvalue weighted by molar-refractivity contribution is 0.141. The lowest BCUT2D eigenvalue weighted by atomic mass is 9.91. The molecular weight excluding hydrogens is 243 g/mol. The highest BCUT2D eigenvalue weighted by Gasteiger charge is 2.25. The monoisotopic (exact) mass is 260 g/mol. The van der Waals surface area contributed by atoms with Crippen LogP contribution in [-0.2, 0) is 0 Å². The van der Waals surface area contributed by atoms with Crippen LogP contribution >= 0.6 is 0 Å². The van der Waals surface area contributed by atoms with E-state index in [0.717, 1.165) is 0 Å². The first-order chi connectivity index (χ1) is 9.15. The minimum Gasteiger partial charge on any atom is -0.388 e. The summed E-state index contributed by atoms with van der Waals surface area (Å²) in [6.07, 6.45) is 0.636. The molecule has 0 bridgehead atoms. The van der Waals surface area contributed by atoms with Gasteiger partial charge in [0.1, 0.15) is 5.82 Å². The molecule has 2 atom stereocenters. The Morgan fingerprint density at radius 2 is 2.05 bits per heavy atom. The van der Waals surface area contributed by atoms with Crippen molar-refractivity contribution in [1.82, 2.24) is 4.98 Å². The van der Waals surface area contributed by atoms with Gasteiger partial charge in [0, 0.05) is 29.9 Å². The van der Waals surface area contributed by atoms with E-state index in [1.54, 1.807) is 43.5 Å². The second-order valence-electron chi connectivity index (χ2n) is 4.52. The smallest absolute Gasteiger partial charge is 0.131 e. The Kier molecular flexibility index (Phi) is 4.24. The number of rotatable bonds is 4. The summed E-state index contributed by atoms with van der Waals surface area (Å²) in [5.41, 5.74) is 7.15. The second kappa shape index (κ2) is 5.91. The lowest BCUT2D eigenvalue weighted by Crippen LogP contribution is -2.22. The Hall–Kier alpha value is -1.78. The maximum atomic E-state index is 14.0. The predicted octanol–water partition coefficient (Wildman–Crippen LogP) is 2.31. The highest BCUT2D eigenvalue weighted by Crippen LogP contribution is 2.31. The average molecular weight is 260 g/mol. The Balaban J connectivity index is 2.36. The van der Waals surface area contributed by atoms with Gasteiger partial charge in [-0.25, -0.2) is 4.39 Å². The van der Waals surface area contributed by atoms with Crippen molar-refractivity contribution in [1.29, 1.82) is 0 Å². The summed E-state index contributed by atoms with van der Waals surface area (Å²) in [6.45, 7) is 1.87. The summed E-state index contributed by atoms with van der Waals surface area (Å²) >= 11 is 0. The van der Waals surface area contributed by atoms with Crippen LogP contribution in [-0.4, -0.2) is 16.6 Å². The minimum absolute atomic E-state index is 0.200. The third kappa shape index (κ3) is 2.80. The highest BCUT2D eigenvalue weighted by atomic mass is 19.1. The number of hydrogen-bond acceptors (Lipinski definition) is 3. The van der Waals surface area contributed by atoms with Crippen LogP contribution in [0, 0.1) is 12.7 Å². The maximum absolute atomic E-state index is 14.0. The molecule has 0 fully saturated rings. The van der Waals surface area contributed by atoms with Crippen LogP contribution in [0.1, 0.15) is 28.8 Å². The molecule has 1 aromatic heterocycles. The molecule has 0 aliphatic carbocycles. The number of aliphatic hydroxyl groups is 1.